The maximum Gasteiger partial charge on any atom is 0.225 e. The molecule has 0 bridgehead atoms. The number of hydrogen-bond acceptors (Lipinski definition) is 4. The number of para-hydroxylation sites is 2. The lowest BCUT2D eigenvalue weighted by Crippen LogP contribution is -2.27. The van der Waals surface area contributed by atoms with Crippen LogP contribution in [-0.4, -0.2) is 16.1 Å². The smallest absolute Gasteiger partial charge is 0.225 e. The van der Waals surface area contributed by atoms with Gasteiger partial charge in [0.05, 0.1) is 0 Å². The van der Waals surface area contributed by atoms with E-state index in [1.807, 2.05) is 31.2 Å². The molecule has 5 heteroatoms. The second kappa shape index (κ2) is 5.30. The van der Waals surface area contributed by atoms with Crippen LogP contribution in [0, 0.1) is 0 Å². The van der Waals surface area contributed by atoms with Crippen LogP contribution < -0.4 is 5.73 Å². The van der Waals surface area contributed by atoms with Crippen LogP contribution in [-0.2, 0) is 0 Å². The Morgan fingerprint density at radius 1 is 1.44 bits per heavy atom. The van der Waals surface area contributed by atoms with E-state index in [1.54, 1.807) is 0 Å². The Balaban J connectivity index is 0.00000128. The quantitative estimate of drug-likeness (QED) is 0.864. The number of aliphatic hydroxyl groups is 1. The van der Waals surface area contributed by atoms with Crippen molar-refractivity contribution in [3.8, 4) is 0 Å². The predicted octanol–water partition coefficient (Wildman–Crippen LogP) is 2.02. The van der Waals surface area contributed by atoms with Gasteiger partial charge in [-0.15, -0.1) is 12.4 Å². The Kier molecular flexibility index (Phi) is 4.29. The van der Waals surface area contributed by atoms with Crippen molar-refractivity contribution in [3.63, 3.8) is 0 Å². The Morgan fingerprint density at radius 3 is 2.75 bits per heavy atom. The first kappa shape index (κ1) is 13.0. The third kappa shape index (κ3) is 2.35. The highest BCUT2D eigenvalue weighted by Gasteiger charge is 2.20. The number of rotatable bonds is 3. The van der Waals surface area contributed by atoms with E-state index in [1.165, 1.54) is 0 Å². The first-order valence-corrected chi connectivity index (χ1v) is 5.01. The number of oxazole rings is 1. The van der Waals surface area contributed by atoms with Crippen molar-refractivity contribution in [1.29, 1.82) is 0 Å². The molecule has 1 heterocycles. The fourth-order valence-corrected chi connectivity index (χ4v) is 1.42. The van der Waals surface area contributed by atoms with Crippen LogP contribution in [0.3, 0.4) is 0 Å². The summed E-state index contributed by atoms with van der Waals surface area (Å²) in [6.07, 6.45) is -0.151. The summed E-state index contributed by atoms with van der Waals surface area (Å²) in [5.74, 6) is 0.297. The molecule has 0 fully saturated rings. The number of nitrogens with zero attached hydrogens (tertiary/aromatic N) is 1. The van der Waals surface area contributed by atoms with Crippen molar-refractivity contribution >= 4 is 23.5 Å². The van der Waals surface area contributed by atoms with Gasteiger partial charge >= 0.3 is 0 Å². The number of hydrogen-bond donors (Lipinski definition) is 2. The van der Waals surface area contributed by atoms with Gasteiger partial charge in [-0.05, 0) is 18.6 Å². The zero-order chi connectivity index (χ0) is 10.8. The van der Waals surface area contributed by atoms with Gasteiger partial charge in [-0.3, -0.25) is 0 Å². The van der Waals surface area contributed by atoms with Gasteiger partial charge in [0, 0.05) is 6.04 Å². The predicted molar refractivity (Wildman–Crippen MR) is 64.5 cm³/mol. The van der Waals surface area contributed by atoms with Gasteiger partial charge in [0.2, 0.25) is 5.89 Å². The Morgan fingerprint density at radius 2 is 2.12 bits per heavy atom. The summed E-state index contributed by atoms with van der Waals surface area (Å²) in [5, 5.41) is 9.81. The summed E-state index contributed by atoms with van der Waals surface area (Å²) >= 11 is 0. The number of halogens is 1. The molecule has 1 unspecified atom stereocenters. The summed E-state index contributed by atoms with van der Waals surface area (Å²) in [6.45, 7) is 1.91. The summed E-state index contributed by atoms with van der Waals surface area (Å²) in [6, 6.07) is 7.06. The largest absolute Gasteiger partial charge is 0.438 e. The fourth-order valence-electron chi connectivity index (χ4n) is 1.42. The van der Waals surface area contributed by atoms with Crippen LogP contribution in [0.4, 0.5) is 0 Å². The van der Waals surface area contributed by atoms with Crippen molar-refractivity contribution in [2.45, 2.75) is 25.5 Å². The maximum absolute atomic E-state index is 9.81. The summed E-state index contributed by atoms with van der Waals surface area (Å²) in [4.78, 5) is 4.19. The number of fused-ring (bicyclic) bond motifs is 1. The highest BCUT2D eigenvalue weighted by molar-refractivity contribution is 5.85. The van der Waals surface area contributed by atoms with E-state index in [2.05, 4.69) is 4.98 Å². The number of aliphatic hydroxyl groups excluding tert-OH is 1. The molecular weight excluding hydrogens is 228 g/mol. The zero-order valence-electron chi connectivity index (χ0n) is 8.96. The van der Waals surface area contributed by atoms with E-state index in [0.29, 0.717) is 17.9 Å². The van der Waals surface area contributed by atoms with E-state index in [-0.39, 0.29) is 18.4 Å². The van der Waals surface area contributed by atoms with Crippen molar-refractivity contribution in [2.75, 3.05) is 0 Å². The first-order valence-electron chi connectivity index (χ1n) is 5.01. The maximum atomic E-state index is 9.81. The average molecular weight is 243 g/mol. The molecular formula is C11H15ClN2O2. The first-order chi connectivity index (χ1) is 7.22. The average Bonchev–Trinajstić information content (AvgIpc) is 2.70. The molecule has 2 atom stereocenters. The van der Waals surface area contributed by atoms with Gasteiger partial charge in [0.25, 0.3) is 0 Å². The minimum atomic E-state index is -0.831. The molecule has 1 aromatic heterocycles. The second-order valence-corrected chi connectivity index (χ2v) is 3.54. The minimum absolute atomic E-state index is 0. The van der Waals surface area contributed by atoms with Crippen molar-refractivity contribution < 1.29 is 9.52 Å². The topological polar surface area (TPSA) is 72.3 Å². The molecule has 0 amide bonds. The van der Waals surface area contributed by atoms with Crippen molar-refractivity contribution in [1.82, 2.24) is 4.98 Å². The molecule has 2 aromatic rings. The second-order valence-electron chi connectivity index (χ2n) is 3.54. The SMILES string of the molecule is CCC(N)[C@H](O)c1nc2ccccc2o1.Cl. The molecule has 0 aliphatic carbocycles. The van der Waals surface area contributed by atoms with Crippen LogP contribution in [0.2, 0.25) is 0 Å². The van der Waals surface area contributed by atoms with E-state index < -0.39 is 6.10 Å². The fraction of sp³-hybridized carbons (Fsp3) is 0.364. The van der Waals surface area contributed by atoms with E-state index in [4.69, 9.17) is 10.2 Å². The lowest BCUT2D eigenvalue weighted by atomic mass is 10.1. The molecule has 3 N–H and O–H groups in total. The van der Waals surface area contributed by atoms with Gasteiger partial charge in [0.15, 0.2) is 5.58 Å². The molecule has 1 aromatic carbocycles. The Bertz CT molecular complexity index is 425. The molecule has 0 aliphatic rings. The molecule has 2 rings (SSSR count). The highest BCUT2D eigenvalue weighted by Crippen LogP contribution is 2.22. The van der Waals surface area contributed by atoms with Gasteiger partial charge < -0.3 is 15.3 Å². The van der Waals surface area contributed by atoms with E-state index >= 15 is 0 Å². The lowest BCUT2D eigenvalue weighted by Gasteiger charge is -2.12. The van der Waals surface area contributed by atoms with Crippen molar-refractivity contribution in [2.24, 2.45) is 5.73 Å². The van der Waals surface area contributed by atoms with Crippen LogP contribution in [0.5, 0.6) is 0 Å². The number of nitrogens with two attached hydrogens (primary N) is 1. The third-order valence-electron chi connectivity index (χ3n) is 2.44. The molecule has 88 valence electrons. The van der Waals surface area contributed by atoms with E-state index in [9.17, 15) is 5.11 Å². The molecule has 0 aliphatic heterocycles. The lowest BCUT2D eigenvalue weighted by molar-refractivity contribution is 0.116. The Hall–Kier alpha value is -1.10. The zero-order valence-corrected chi connectivity index (χ0v) is 9.78. The minimum Gasteiger partial charge on any atom is -0.438 e. The number of aromatic nitrogens is 1. The van der Waals surface area contributed by atoms with Crippen LogP contribution in [0.1, 0.15) is 25.3 Å². The molecule has 4 nitrogen and oxygen atoms in total. The summed E-state index contributed by atoms with van der Waals surface area (Å²) in [5.41, 5.74) is 7.14. The van der Waals surface area contributed by atoms with Crippen LogP contribution in [0.15, 0.2) is 28.7 Å². The summed E-state index contributed by atoms with van der Waals surface area (Å²) in [7, 11) is 0. The monoisotopic (exact) mass is 242 g/mol. The van der Waals surface area contributed by atoms with Crippen molar-refractivity contribution in [3.05, 3.63) is 30.2 Å². The van der Waals surface area contributed by atoms with Gasteiger partial charge in [-0.25, -0.2) is 4.98 Å². The molecule has 16 heavy (non-hydrogen) atoms. The number of benzene rings is 1. The van der Waals surface area contributed by atoms with Crippen LogP contribution >= 0.6 is 12.4 Å². The molecule has 0 spiro atoms. The molecule has 0 saturated heterocycles. The molecule has 0 radical (unpaired) electrons. The van der Waals surface area contributed by atoms with Gasteiger partial charge in [-0.2, -0.15) is 0 Å². The normalized spacial score (nSPS) is 14.4. The van der Waals surface area contributed by atoms with Crippen LogP contribution in [0.25, 0.3) is 11.1 Å². The molecule has 0 saturated carbocycles. The standard InChI is InChI=1S/C11H14N2O2.ClH/c1-2-7(12)10(14)11-13-8-5-3-4-6-9(8)15-11;/h3-7,10,14H,2,12H2,1H3;1H/t7?,10-;/m0./s1. The summed E-state index contributed by atoms with van der Waals surface area (Å²) < 4.78 is 5.41. The Labute approximate surface area is 99.9 Å². The highest BCUT2D eigenvalue weighted by atomic mass is 35.5. The van der Waals surface area contributed by atoms with E-state index in [0.717, 1.165) is 5.52 Å². The van der Waals surface area contributed by atoms with Gasteiger partial charge in [0.1, 0.15) is 11.6 Å². The third-order valence-corrected chi connectivity index (χ3v) is 2.44. The van der Waals surface area contributed by atoms with Gasteiger partial charge in [-0.1, -0.05) is 19.1 Å².